The maximum absolute atomic E-state index is 13.5. The second kappa shape index (κ2) is 11.9. The molecule has 2 amide bonds. The number of nitrogens with two attached hydrogens (primary N) is 1. The molecule has 3 aromatic rings. The Morgan fingerprint density at radius 1 is 1.08 bits per heavy atom. The Kier molecular flexibility index (Phi) is 8.45. The number of hydrogen-bond acceptors (Lipinski definition) is 6. The van der Waals surface area contributed by atoms with Gasteiger partial charge in [-0.1, -0.05) is 48.5 Å². The molecule has 0 spiro atoms. The first-order valence-electron chi connectivity index (χ1n) is 11.2. The summed E-state index contributed by atoms with van der Waals surface area (Å²) in [5.41, 5.74) is 7.72. The molecular weight excluding hydrogens is 542 g/mol. The molecule has 1 aliphatic rings. The van der Waals surface area contributed by atoms with Crippen molar-refractivity contribution in [2.75, 3.05) is 13.2 Å². The normalized spacial score (nSPS) is 15.5. The van der Waals surface area contributed by atoms with Crippen LogP contribution in [-0.2, 0) is 16.1 Å². The molecule has 1 saturated heterocycles. The highest BCUT2D eigenvalue weighted by atomic mass is 79.9. The van der Waals surface area contributed by atoms with Crippen LogP contribution >= 0.6 is 27.7 Å². The van der Waals surface area contributed by atoms with Crippen LogP contribution in [0.2, 0.25) is 0 Å². The number of thioether (sulfide) groups is 1. The van der Waals surface area contributed by atoms with Crippen LogP contribution in [0.3, 0.4) is 0 Å². The summed E-state index contributed by atoms with van der Waals surface area (Å²) in [5.74, 6) is 0.0869. The summed E-state index contributed by atoms with van der Waals surface area (Å²) in [7, 11) is 0. The first-order valence-corrected chi connectivity index (χ1v) is 12.8. The summed E-state index contributed by atoms with van der Waals surface area (Å²) in [6.45, 7) is 2.37. The van der Waals surface area contributed by atoms with Crippen molar-refractivity contribution in [1.82, 2.24) is 4.90 Å². The third-order valence-corrected chi connectivity index (χ3v) is 6.64. The van der Waals surface area contributed by atoms with E-state index in [1.165, 1.54) is 11.8 Å². The van der Waals surface area contributed by atoms with Gasteiger partial charge >= 0.3 is 0 Å². The van der Waals surface area contributed by atoms with Gasteiger partial charge in [-0.2, -0.15) is 0 Å². The van der Waals surface area contributed by atoms with Crippen LogP contribution in [0.25, 0.3) is 6.08 Å². The minimum atomic E-state index is -0.591. The minimum Gasteiger partial charge on any atom is -0.490 e. The molecule has 3 aromatic carbocycles. The minimum absolute atomic E-state index is 0.137. The number of carbonyl (C=O) groups is 2. The number of amidine groups is 1. The molecule has 0 aromatic heterocycles. The summed E-state index contributed by atoms with van der Waals surface area (Å²) in [5, 5.41) is 0.604. The lowest BCUT2D eigenvalue weighted by Crippen LogP contribution is -2.28. The Morgan fingerprint density at radius 3 is 2.44 bits per heavy atom. The van der Waals surface area contributed by atoms with Gasteiger partial charge in [0.25, 0.3) is 11.8 Å². The van der Waals surface area contributed by atoms with E-state index in [4.69, 9.17) is 20.2 Å². The van der Waals surface area contributed by atoms with E-state index in [-0.39, 0.29) is 12.5 Å². The molecular formula is C27H24BrN3O4S. The fraction of sp³-hybridized carbons (Fsp3) is 0.148. The lowest BCUT2D eigenvalue weighted by molar-refractivity contribution is -0.122. The summed E-state index contributed by atoms with van der Waals surface area (Å²) in [4.78, 5) is 31.6. The van der Waals surface area contributed by atoms with Gasteiger partial charge in [0.2, 0.25) is 0 Å². The maximum atomic E-state index is 13.5. The zero-order valence-electron chi connectivity index (χ0n) is 19.5. The van der Waals surface area contributed by atoms with E-state index in [1.54, 1.807) is 23.1 Å². The molecule has 0 saturated carbocycles. The Balaban J connectivity index is 1.69. The first-order chi connectivity index (χ1) is 17.4. The van der Waals surface area contributed by atoms with Gasteiger partial charge in [0.1, 0.15) is 0 Å². The molecule has 36 heavy (non-hydrogen) atoms. The Morgan fingerprint density at radius 2 is 1.78 bits per heavy atom. The number of rotatable bonds is 9. The van der Waals surface area contributed by atoms with E-state index in [2.05, 4.69) is 15.9 Å². The van der Waals surface area contributed by atoms with Gasteiger partial charge in [0, 0.05) is 0 Å². The molecule has 7 nitrogen and oxygen atoms in total. The summed E-state index contributed by atoms with van der Waals surface area (Å²) < 4.78 is 11.8. The number of hydrogen-bond donors (Lipinski definition) is 1. The molecule has 1 fully saturated rings. The number of amides is 2. The standard InChI is InChI=1S/C27H24BrN3O4S/c1-2-34-22-14-19(13-21(28)25(22)35-17-24(29)32)15-23-26(33)31(16-18-9-5-3-6-10-18)27(36-23)30-20-11-7-4-8-12-20/h3-15H,2,16-17H2,1H3,(H2,29,32)/b23-15+,30-27?. The van der Waals surface area contributed by atoms with Crippen molar-refractivity contribution in [3.05, 3.63) is 93.3 Å². The fourth-order valence-corrected chi connectivity index (χ4v) is 5.05. The molecule has 0 unspecified atom stereocenters. The molecule has 0 aliphatic carbocycles. The second-order valence-electron chi connectivity index (χ2n) is 7.74. The third-order valence-electron chi connectivity index (χ3n) is 5.04. The number of primary amides is 1. The van der Waals surface area contributed by atoms with E-state index >= 15 is 0 Å². The number of halogens is 1. The predicted molar refractivity (Wildman–Crippen MR) is 146 cm³/mol. The van der Waals surface area contributed by atoms with Crippen LogP contribution in [0.5, 0.6) is 11.5 Å². The summed E-state index contributed by atoms with van der Waals surface area (Å²) >= 11 is 4.80. The molecule has 1 heterocycles. The van der Waals surface area contributed by atoms with E-state index in [9.17, 15) is 9.59 Å². The van der Waals surface area contributed by atoms with Gasteiger partial charge in [0.05, 0.1) is 28.2 Å². The lowest BCUT2D eigenvalue weighted by Gasteiger charge is -2.15. The predicted octanol–water partition coefficient (Wildman–Crippen LogP) is 5.52. The number of nitrogens with zero attached hydrogens (tertiary/aromatic N) is 2. The zero-order valence-corrected chi connectivity index (χ0v) is 21.9. The smallest absolute Gasteiger partial charge is 0.267 e. The van der Waals surface area contributed by atoms with Gasteiger partial charge in [-0.3, -0.25) is 14.5 Å². The quantitative estimate of drug-likeness (QED) is 0.345. The first kappa shape index (κ1) is 25.5. The number of benzene rings is 3. The highest BCUT2D eigenvalue weighted by Gasteiger charge is 2.33. The molecule has 1 aliphatic heterocycles. The number of carbonyl (C=O) groups excluding carboxylic acids is 2. The van der Waals surface area contributed by atoms with Gasteiger partial charge in [0.15, 0.2) is 23.3 Å². The average molecular weight is 566 g/mol. The topological polar surface area (TPSA) is 94.2 Å². The molecule has 9 heteroatoms. The van der Waals surface area contributed by atoms with Gasteiger partial charge in [-0.25, -0.2) is 4.99 Å². The van der Waals surface area contributed by atoms with Crippen molar-refractivity contribution in [2.45, 2.75) is 13.5 Å². The van der Waals surface area contributed by atoms with Gasteiger partial charge < -0.3 is 15.2 Å². The van der Waals surface area contributed by atoms with Crippen LogP contribution in [0, 0.1) is 0 Å². The summed E-state index contributed by atoms with van der Waals surface area (Å²) in [6, 6.07) is 22.9. The van der Waals surface area contributed by atoms with Crippen LogP contribution in [0.4, 0.5) is 5.69 Å². The SMILES string of the molecule is CCOc1cc(/C=C2/SC(=Nc3ccccc3)N(Cc3ccccc3)C2=O)cc(Br)c1OCC(N)=O. The van der Waals surface area contributed by atoms with Crippen molar-refractivity contribution in [3.8, 4) is 11.5 Å². The monoisotopic (exact) mass is 565 g/mol. The Hall–Kier alpha value is -3.56. The van der Waals surface area contributed by atoms with Crippen molar-refractivity contribution < 1.29 is 19.1 Å². The molecule has 184 valence electrons. The van der Waals surface area contributed by atoms with Crippen molar-refractivity contribution in [3.63, 3.8) is 0 Å². The van der Waals surface area contributed by atoms with Crippen LogP contribution in [-0.4, -0.2) is 35.1 Å². The fourth-order valence-electron chi connectivity index (χ4n) is 3.48. The number of ether oxygens (including phenoxy) is 2. The van der Waals surface area contributed by atoms with E-state index in [0.29, 0.717) is 39.2 Å². The number of aliphatic imine (C=N–C) groups is 1. The molecule has 0 bridgehead atoms. The van der Waals surface area contributed by atoms with Gasteiger partial charge in [-0.15, -0.1) is 0 Å². The lowest BCUT2D eigenvalue weighted by atomic mass is 10.1. The van der Waals surface area contributed by atoms with Crippen molar-refractivity contribution >= 4 is 56.4 Å². The van der Waals surface area contributed by atoms with Crippen LogP contribution in [0.15, 0.2) is 87.2 Å². The van der Waals surface area contributed by atoms with E-state index in [1.807, 2.05) is 67.6 Å². The van der Waals surface area contributed by atoms with Gasteiger partial charge in [-0.05, 0) is 76.1 Å². The second-order valence-corrected chi connectivity index (χ2v) is 9.60. The Bertz CT molecular complexity index is 1310. The third kappa shape index (κ3) is 6.35. The molecule has 0 atom stereocenters. The highest BCUT2D eigenvalue weighted by molar-refractivity contribution is 9.10. The van der Waals surface area contributed by atoms with E-state index in [0.717, 1.165) is 16.8 Å². The molecule has 2 N–H and O–H groups in total. The molecule has 0 radical (unpaired) electrons. The average Bonchev–Trinajstić information content (AvgIpc) is 3.13. The van der Waals surface area contributed by atoms with Crippen molar-refractivity contribution in [1.29, 1.82) is 0 Å². The molecule has 4 rings (SSSR count). The largest absolute Gasteiger partial charge is 0.490 e. The van der Waals surface area contributed by atoms with E-state index < -0.39 is 5.91 Å². The Labute approximate surface area is 222 Å². The number of para-hydroxylation sites is 1. The maximum Gasteiger partial charge on any atom is 0.267 e. The summed E-state index contributed by atoms with van der Waals surface area (Å²) in [6.07, 6.45) is 1.80. The van der Waals surface area contributed by atoms with Crippen LogP contribution < -0.4 is 15.2 Å². The van der Waals surface area contributed by atoms with Crippen molar-refractivity contribution in [2.24, 2.45) is 10.7 Å². The van der Waals surface area contributed by atoms with Crippen LogP contribution in [0.1, 0.15) is 18.1 Å². The zero-order chi connectivity index (χ0) is 25.5. The highest BCUT2D eigenvalue weighted by Crippen LogP contribution is 2.40.